The van der Waals surface area contributed by atoms with Gasteiger partial charge in [-0.1, -0.05) is 29.3 Å². The van der Waals surface area contributed by atoms with Crippen molar-refractivity contribution in [3.05, 3.63) is 81.1 Å². The molecule has 306 valence electrons. The van der Waals surface area contributed by atoms with Crippen molar-refractivity contribution in [1.29, 1.82) is 0 Å². The van der Waals surface area contributed by atoms with Crippen LogP contribution in [0.25, 0.3) is 0 Å². The molecular weight excluding hydrogens is 799 g/mol. The molecule has 18 heteroatoms. The Labute approximate surface area is 335 Å². The van der Waals surface area contributed by atoms with Crippen molar-refractivity contribution in [2.45, 2.75) is 64.9 Å². The molecule has 1 saturated carbocycles. The number of alkyl halides is 2. The molecule has 2 fully saturated rings. The summed E-state index contributed by atoms with van der Waals surface area (Å²) in [6.45, 7) is 4.86. The second-order valence-corrected chi connectivity index (χ2v) is 17.2. The normalized spacial score (nSPS) is 15.6. The number of pyridine rings is 1. The molecule has 13 nitrogen and oxygen atoms in total. The molecule has 1 aromatic heterocycles. The summed E-state index contributed by atoms with van der Waals surface area (Å²) in [6, 6.07) is 8.58. The smallest absolute Gasteiger partial charge is 0.424 e. The van der Waals surface area contributed by atoms with Gasteiger partial charge in [0.25, 0.3) is 0 Å². The van der Waals surface area contributed by atoms with E-state index in [1.807, 2.05) is 0 Å². The number of sulfonamides is 1. The van der Waals surface area contributed by atoms with E-state index in [-0.39, 0.29) is 58.1 Å². The van der Waals surface area contributed by atoms with Gasteiger partial charge < -0.3 is 28.4 Å². The number of carbonyl (C=O) groups excluding carboxylic acids is 2. The minimum Gasteiger partial charge on any atom is -0.492 e. The second-order valence-electron chi connectivity index (χ2n) is 14.4. The number of hydrogen-bond acceptors (Lipinski definition) is 11. The Morgan fingerprint density at radius 2 is 1.68 bits per heavy atom. The summed E-state index contributed by atoms with van der Waals surface area (Å²) in [5.41, 5.74) is -0.0352. The summed E-state index contributed by atoms with van der Waals surface area (Å²) in [5, 5.41) is 0.510. The first-order valence-electron chi connectivity index (χ1n) is 18.0. The van der Waals surface area contributed by atoms with Crippen LogP contribution in [0, 0.1) is 5.92 Å². The van der Waals surface area contributed by atoms with Gasteiger partial charge in [-0.05, 0) is 75.4 Å². The number of morpholine rings is 1. The van der Waals surface area contributed by atoms with Gasteiger partial charge in [0.15, 0.2) is 23.9 Å². The summed E-state index contributed by atoms with van der Waals surface area (Å²) in [6.07, 6.45) is 3.55. The Kier molecular flexibility index (Phi) is 14.6. The van der Waals surface area contributed by atoms with Crippen LogP contribution in [0.15, 0.2) is 48.8 Å². The Balaban J connectivity index is 1.48. The monoisotopic (exact) mass is 844 g/mol. The molecule has 2 heterocycles. The number of aromatic nitrogens is 1. The Morgan fingerprint density at radius 3 is 2.30 bits per heavy atom. The number of H-pyrrole nitrogens is 1. The lowest BCUT2D eigenvalue weighted by atomic mass is 10.0. The number of nitrogens with one attached hydrogen (secondary N) is 1. The fourth-order valence-corrected chi connectivity index (χ4v) is 6.88. The van der Waals surface area contributed by atoms with Crippen LogP contribution < -0.4 is 19.2 Å². The predicted octanol–water partition coefficient (Wildman–Crippen LogP) is 6.75. The van der Waals surface area contributed by atoms with Crippen LogP contribution in [0.1, 0.15) is 66.8 Å². The van der Waals surface area contributed by atoms with Gasteiger partial charge in [0.2, 0.25) is 10.0 Å². The second kappa shape index (κ2) is 19.0. The quantitative estimate of drug-likeness (QED) is 0.133. The van der Waals surface area contributed by atoms with Crippen LogP contribution in [0.3, 0.4) is 0 Å². The highest BCUT2D eigenvalue weighted by Gasteiger charge is 2.31. The lowest BCUT2D eigenvalue weighted by molar-refractivity contribution is -0.377. The highest BCUT2D eigenvalue weighted by molar-refractivity contribution is 7.88. The lowest BCUT2D eigenvalue weighted by Gasteiger charge is -2.27. The van der Waals surface area contributed by atoms with Crippen molar-refractivity contribution >= 4 is 45.3 Å². The fraction of sp³-hybridized carbons (Fsp3) is 0.500. The van der Waals surface area contributed by atoms with Crippen LogP contribution in [0.4, 0.5) is 13.6 Å². The Bertz CT molecular complexity index is 1940. The zero-order valence-electron chi connectivity index (χ0n) is 31.5. The molecular formula is C38H46Cl2F2N3O10S+. The third kappa shape index (κ3) is 12.8. The molecule has 0 bridgehead atoms. The van der Waals surface area contributed by atoms with Crippen molar-refractivity contribution in [3.63, 3.8) is 0 Å². The average Bonchev–Trinajstić information content (AvgIpc) is 3.95. The molecule has 2 aromatic carbocycles. The van der Waals surface area contributed by atoms with Crippen LogP contribution in [-0.2, 0) is 37.2 Å². The van der Waals surface area contributed by atoms with Gasteiger partial charge in [-0.15, -0.1) is 0 Å². The van der Waals surface area contributed by atoms with E-state index in [1.54, 1.807) is 20.8 Å². The van der Waals surface area contributed by atoms with E-state index in [0.29, 0.717) is 41.1 Å². The van der Waals surface area contributed by atoms with Crippen molar-refractivity contribution < 1.29 is 60.2 Å². The van der Waals surface area contributed by atoms with Crippen molar-refractivity contribution in [2.24, 2.45) is 5.92 Å². The van der Waals surface area contributed by atoms with Crippen molar-refractivity contribution in [1.82, 2.24) is 9.21 Å². The van der Waals surface area contributed by atoms with Crippen molar-refractivity contribution in [2.75, 3.05) is 52.3 Å². The van der Waals surface area contributed by atoms with Crippen LogP contribution in [-0.4, -0.2) is 94.2 Å². The first-order valence-corrected chi connectivity index (χ1v) is 20.6. The number of aromatic amines is 1. The van der Waals surface area contributed by atoms with Gasteiger partial charge in [0.1, 0.15) is 34.1 Å². The number of halogens is 4. The Morgan fingerprint density at radius 1 is 1.00 bits per heavy atom. The predicted molar refractivity (Wildman–Crippen MR) is 202 cm³/mol. The van der Waals surface area contributed by atoms with E-state index < -0.39 is 46.9 Å². The molecule has 0 unspecified atom stereocenters. The topological polar surface area (TPSA) is 144 Å². The van der Waals surface area contributed by atoms with Gasteiger partial charge in [-0.25, -0.2) is 23.0 Å². The minimum absolute atomic E-state index is 0.00961. The number of benzene rings is 2. The van der Waals surface area contributed by atoms with Gasteiger partial charge in [-0.3, -0.25) is 4.90 Å². The molecule has 1 amide bonds. The number of carbonyl (C=O) groups is 2. The van der Waals surface area contributed by atoms with E-state index in [9.17, 15) is 26.8 Å². The minimum atomic E-state index is -4.17. The molecule has 56 heavy (non-hydrogen) atoms. The number of nitrogens with zero attached hydrogens (tertiary/aromatic N) is 2. The molecule has 2 aliphatic rings. The van der Waals surface area contributed by atoms with Crippen LogP contribution in [0.5, 0.6) is 17.2 Å². The van der Waals surface area contributed by atoms with Crippen molar-refractivity contribution in [3.8, 4) is 17.2 Å². The summed E-state index contributed by atoms with van der Waals surface area (Å²) < 4.78 is 86.7. The van der Waals surface area contributed by atoms with E-state index in [2.05, 4.69) is 9.88 Å². The van der Waals surface area contributed by atoms with Crippen LogP contribution in [0.2, 0.25) is 10.0 Å². The maximum Gasteiger partial charge on any atom is 0.424 e. The van der Waals surface area contributed by atoms with E-state index >= 15 is 0 Å². The number of ether oxygens (including phenoxy) is 6. The SMILES string of the molecule is CC(C)(C)OC(=O)N(Cc1cc(C(=O)O[C@@H](Cc2c(Cl)c[nH+]cc2Cl)c2ccc(OC(F)F)c(OCC3CC3)c2)ccc1OCCN1CCOCC1)S(C)(=O)=O. The highest BCUT2D eigenvalue weighted by Crippen LogP contribution is 2.38. The third-order valence-electron chi connectivity index (χ3n) is 8.74. The molecule has 1 aliphatic heterocycles. The van der Waals surface area contributed by atoms with E-state index in [1.165, 1.54) is 48.8 Å². The van der Waals surface area contributed by atoms with Gasteiger partial charge in [0.05, 0.1) is 38.2 Å². The van der Waals surface area contributed by atoms with Gasteiger partial charge in [0, 0.05) is 37.2 Å². The number of esters is 1. The molecule has 1 aliphatic carbocycles. The Hall–Kier alpha value is -3.96. The average molecular weight is 846 g/mol. The standard InChI is InChI=1S/C38H45Cl2F2N3O10S/c1-38(2,3)55-37(47)45(56(4,48)49)22-27-17-26(8-9-31(27)51-16-13-44-11-14-50-15-12-44)35(46)53-33(19-28-29(39)20-43-21-30(28)40)25-7-10-32(54-36(41)42)34(18-25)52-23-24-5-6-24/h7-10,17-18,20-21,24,33,36H,5-6,11-16,19,22-23H2,1-4H3/p+1/t33-/m0/s1. The fourth-order valence-electron chi connectivity index (χ4n) is 5.67. The summed E-state index contributed by atoms with van der Waals surface area (Å²) >= 11 is 13.0. The van der Waals surface area contributed by atoms with Gasteiger partial charge in [-0.2, -0.15) is 13.1 Å². The summed E-state index contributed by atoms with van der Waals surface area (Å²) in [4.78, 5) is 32.2. The summed E-state index contributed by atoms with van der Waals surface area (Å²) in [5.74, 6) is -0.469. The number of hydrogen-bond donors (Lipinski definition) is 0. The maximum absolute atomic E-state index is 14.1. The highest BCUT2D eigenvalue weighted by atomic mass is 35.5. The molecule has 1 N–H and O–H groups in total. The molecule has 3 aromatic rings. The van der Waals surface area contributed by atoms with Gasteiger partial charge >= 0.3 is 18.7 Å². The molecule has 1 saturated heterocycles. The third-order valence-corrected chi connectivity index (χ3v) is 10.5. The lowest BCUT2D eigenvalue weighted by Crippen LogP contribution is -2.40. The van der Waals surface area contributed by atoms with E-state index in [0.717, 1.165) is 32.2 Å². The molecule has 0 spiro atoms. The zero-order chi connectivity index (χ0) is 40.6. The first kappa shape index (κ1) is 43.2. The molecule has 0 radical (unpaired) electrons. The first-order chi connectivity index (χ1) is 26.5. The molecule has 1 atom stereocenters. The number of amides is 1. The van der Waals surface area contributed by atoms with Crippen LogP contribution >= 0.6 is 23.2 Å². The van der Waals surface area contributed by atoms with E-state index in [4.69, 9.17) is 51.6 Å². The molecule has 5 rings (SSSR count). The largest absolute Gasteiger partial charge is 0.492 e. The summed E-state index contributed by atoms with van der Waals surface area (Å²) in [7, 11) is -4.17. The maximum atomic E-state index is 14.1. The zero-order valence-corrected chi connectivity index (χ0v) is 33.9. The number of rotatable bonds is 17.